The second-order valence-corrected chi connectivity index (χ2v) is 4.02. The highest BCUT2D eigenvalue weighted by molar-refractivity contribution is 5.77. The van der Waals surface area contributed by atoms with Crippen LogP contribution >= 0.6 is 0 Å². The molecule has 5 nitrogen and oxygen atoms in total. The maximum atomic E-state index is 10.3. The molecule has 0 amide bonds. The number of hydrogen-bond donors (Lipinski definition) is 2. The molecule has 0 radical (unpaired) electrons. The number of benzene rings is 1. The quantitative estimate of drug-likeness (QED) is 0.845. The van der Waals surface area contributed by atoms with Gasteiger partial charge in [-0.05, 0) is 37.1 Å². The lowest BCUT2D eigenvalue weighted by molar-refractivity contribution is -0.142. The molecule has 0 aliphatic heterocycles. The van der Waals surface area contributed by atoms with Crippen molar-refractivity contribution < 1.29 is 14.6 Å². The molecule has 0 aliphatic rings. The topological polar surface area (TPSA) is 75.2 Å². The molecule has 0 saturated carbocycles. The van der Waals surface area contributed by atoms with Gasteiger partial charge in [-0.1, -0.05) is 0 Å². The first-order valence-corrected chi connectivity index (χ1v) is 5.31. The van der Waals surface area contributed by atoms with E-state index in [0.717, 1.165) is 11.0 Å². The number of ether oxygens (including phenoxy) is 1. The lowest BCUT2D eigenvalue weighted by atomic mass is 10.1. The van der Waals surface area contributed by atoms with Crippen LogP contribution < -0.4 is 0 Å². The number of fused-ring (bicyclic) bond motifs is 1. The largest absolute Gasteiger partial charge is 0.480 e. The third-order valence-electron chi connectivity index (χ3n) is 2.61. The number of aromatic nitrogens is 2. The Morgan fingerprint density at radius 3 is 2.82 bits per heavy atom. The Morgan fingerprint density at radius 1 is 1.41 bits per heavy atom. The number of aromatic amines is 1. The summed E-state index contributed by atoms with van der Waals surface area (Å²) >= 11 is 0. The van der Waals surface area contributed by atoms with Crippen LogP contribution in [0.1, 0.15) is 17.0 Å². The molecule has 0 spiro atoms. The van der Waals surface area contributed by atoms with Gasteiger partial charge in [0.05, 0.1) is 11.0 Å². The first-order chi connectivity index (χ1) is 8.06. The van der Waals surface area contributed by atoms with Gasteiger partial charge in [-0.3, -0.25) is 0 Å². The molecular weight excluding hydrogens is 220 g/mol. The zero-order valence-electron chi connectivity index (χ0n) is 9.78. The van der Waals surface area contributed by atoms with Gasteiger partial charge in [-0.25, -0.2) is 9.78 Å². The van der Waals surface area contributed by atoms with Crippen LogP contribution in [-0.4, -0.2) is 27.7 Å². The van der Waals surface area contributed by atoms with Crippen LogP contribution in [-0.2, 0) is 16.1 Å². The summed E-state index contributed by atoms with van der Waals surface area (Å²) in [5, 5.41) is 8.45. The van der Waals surface area contributed by atoms with Crippen LogP contribution in [0.4, 0.5) is 0 Å². The molecule has 0 aliphatic carbocycles. The Bertz CT molecular complexity index is 521. The minimum atomic E-state index is -0.979. The highest BCUT2D eigenvalue weighted by Crippen LogP contribution is 2.17. The monoisotopic (exact) mass is 234 g/mol. The molecule has 90 valence electrons. The summed E-state index contributed by atoms with van der Waals surface area (Å²) in [5.74, 6) is -0.334. The average Bonchev–Trinajstić information content (AvgIpc) is 2.60. The van der Waals surface area contributed by atoms with E-state index in [2.05, 4.69) is 9.97 Å². The second-order valence-electron chi connectivity index (χ2n) is 4.02. The van der Waals surface area contributed by atoms with Gasteiger partial charge < -0.3 is 14.8 Å². The molecule has 2 aromatic rings. The highest BCUT2D eigenvalue weighted by Gasteiger charge is 2.05. The first-order valence-electron chi connectivity index (χ1n) is 5.31. The molecule has 0 atom stereocenters. The summed E-state index contributed by atoms with van der Waals surface area (Å²) in [4.78, 5) is 17.7. The number of aliphatic carboxylic acids is 1. The van der Waals surface area contributed by atoms with Crippen molar-refractivity contribution in [3.05, 3.63) is 29.1 Å². The van der Waals surface area contributed by atoms with Gasteiger partial charge >= 0.3 is 5.97 Å². The molecular formula is C12H14N2O3. The maximum Gasteiger partial charge on any atom is 0.329 e. The molecule has 17 heavy (non-hydrogen) atoms. The molecule has 2 rings (SSSR count). The van der Waals surface area contributed by atoms with E-state index < -0.39 is 5.97 Å². The zero-order chi connectivity index (χ0) is 12.4. The number of rotatable bonds is 4. The van der Waals surface area contributed by atoms with Gasteiger partial charge in [-0.15, -0.1) is 0 Å². The van der Waals surface area contributed by atoms with Gasteiger partial charge in [-0.2, -0.15) is 0 Å². The molecule has 2 N–H and O–H groups in total. The van der Waals surface area contributed by atoms with E-state index in [4.69, 9.17) is 9.84 Å². The van der Waals surface area contributed by atoms with E-state index >= 15 is 0 Å². The van der Waals surface area contributed by atoms with Gasteiger partial charge in [0, 0.05) is 0 Å². The Hall–Kier alpha value is -1.88. The lowest BCUT2D eigenvalue weighted by Crippen LogP contribution is -2.07. The summed E-state index contributed by atoms with van der Waals surface area (Å²) in [6, 6.07) is 4.03. The van der Waals surface area contributed by atoms with Crippen LogP contribution in [0.15, 0.2) is 12.1 Å². The summed E-state index contributed by atoms with van der Waals surface area (Å²) in [5.41, 5.74) is 4.20. The Balaban J connectivity index is 2.17. The maximum absolute atomic E-state index is 10.3. The SMILES string of the molecule is Cc1cc2nc(COCC(=O)O)[nH]c2cc1C. The van der Waals surface area contributed by atoms with Crippen molar-refractivity contribution in [3.63, 3.8) is 0 Å². The van der Waals surface area contributed by atoms with Gasteiger partial charge in [0.1, 0.15) is 19.0 Å². The Kier molecular flexibility index (Phi) is 3.10. The van der Waals surface area contributed by atoms with E-state index in [1.807, 2.05) is 26.0 Å². The van der Waals surface area contributed by atoms with Gasteiger partial charge in [0.15, 0.2) is 0 Å². The molecule has 0 saturated heterocycles. The van der Waals surface area contributed by atoms with Crippen LogP contribution in [0.2, 0.25) is 0 Å². The van der Waals surface area contributed by atoms with Crippen molar-refractivity contribution >= 4 is 17.0 Å². The van der Waals surface area contributed by atoms with Crippen molar-refractivity contribution in [1.29, 1.82) is 0 Å². The summed E-state index contributed by atoms with van der Waals surface area (Å²) in [7, 11) is 0. The van der Waals surface area contributed by atoms with Crippen molar-refractivity contribution in [2.24, 2.45) is 0 Å². The van der Waals surface area contributed by atoms with Crippen molar-refractivity contribution in [3.8, 4) is 0 Å². The number of aryl methyl sites for hydroxylation is 2. The predicted octanol–water partition coefficient (Wildman–Crippen LogP) is 1.78. The van der Waals surface area contributed by atoms with E-state index in [0.29, 0.717) is 5.82 Å². The van der Waals surface area contributed by atoms with Crippen molar-refractivity contribution in [2.45, 2.75) is 20.5 Å². The number of nitrogens with zero attached hydrogens (tertiary/aromatic N) is 1. The third-order valence-corrected chi connectivity index (χ3v) is 2.61. The van der Waals surface area contributed by atoms with Crippen LogP contribution in [0.25, 0.3) is 11.0 Å². The van der Waals surface area contributed by atoms with Crippen LogP contribution in [0.3, 0.4) is 0 Å². The van der Waals surface area contributed by atoms with Gasteiger partial charge in [0.25, 0.3) is 0 Å². The summed E-state index contributed by atoms with van der Waals surface area (Å²) in [6.45, 7) is 3.94. The summed E-state index contributed by atoms with van der Waals surface area (Å²) in [6.07, 6.45) is 0. The highest BCUT2D eigenvalue weighted by atomic mass is 16.5. The zero-order valence-corrected chi connectivity index (χ0v) is 9.78. The van der Waals surface area contributed by atoms with Crippen molar-refractivity contribution in [2.75, 3.05) is 6.61 Å². The first kappa shape index (κ1) is 11.6. The average molecular weight is 234 g/mol. The van der Waals surface area contributed by atoms with Gasteiger partial charge in [0.2, 0.25) is 0 Å². The van der Waals surface area contributed by atoms with E-state index in [9.17, 15) is 4.79 Å². The Labute approximate surface area is 98.4 Å². The molecule has 0 unspecified atom stereocenters. The minimum Gasteiger partial charge on any atom is -0.480 e. The number of carboxylic acids is 1. The number of carbonyl (C=O) groups is 1. The standard InChI is InChI=1S/C12H14N2O3/c1-7-3-9-10(4-8(7)2)14-11(13-9)5-17-6-12(15)16/h3-4H,5-6H2,1-2H3,(H,13,14)(H,15,16). The molecule has 5 heteroatoms. The smallest absolute Gasteiger partial charge is 0.329 e. The fraction of sp³-hybridized carbons (Fsp3) is 0.333. The number of carboxylic acid groups (broad SMARTS) is 1. The number of nitrogens with one attached hydrogen (secondary N) is 1. The van der Waals surface area contributed by atoms with Crippen LogP contribution in [0, 0.1) is 13.8 Å². The number of hydrogen-bond acceptors (Lipinski definition) is 3. The predicted molar refractivity (Wildman–Crippen MR) is 62.9 cm³/mol. The molecule has 0 fully saturated rings. The van der Waals surface area contributed by atoms with E-state index in [-0.39, 0.29) is 13.2 Å². The molecule has 0 bridgehead atoms. The fourth-order valence-electron chi connectivity index (χ4n) is 1.63. The molecule has 1 heterocycles. The Morgan fingerprint density at radius 2 is 2.12 bits per heavy atom. The fourth-order valence-corrected chi connectivity index (χ4v) is 1.63. The molecule has 1 aromatic heterocycles. The molecule has 1 aromatic carbocycles. The normalized spacial score (nSPS) is 10.9. The van der Waals surface area contributed by atoms with E-state index in [1.54, 1.807) is 0 Å². The number of H-pyrrole nitrogens is 1. The summed E-state index contributed by atoms with van der Waals surface area (Å²) < 4.78 is 4.98. The minimum absolute atomic E-state index is 0.180. The second kappa shape index (κ2) is 4.55. The number of imidazole rings is 1. The third kappa shape index (κ3) is 2.62. The van der Waals surface area contributed by atoms with E-state index in [1.165, 1.54) is 11.1 Å². The van der Waals surface area contributed by atoms with Crippen molar-refractivity contribution in [1.82, 2.24) is 9.97 Å². The van der Waals surface area contributed by atoms with Crippen LogP contribution in [0.5, 0.6) is 0 Å². The lowest BCUT2D eigenvalue weighted by Gasteiger charge is -1.97.